The SMILES string of the molecule is CNCCCC(=O)N1CCC(C(=O)NC)CC1. The van der Waals surface area contributed by atoms with Crippen LogP contribution in [0.15, 0.2) is 0 Å². The predicted octanol–water partition coefficient (Wildman–Crippen LogP) is -0.0294. The average Bonchev–Trinajstić information content (AvgIpc) is 2.38. The molecule has 98 valence electrons. The topological polar surface area (TPSA) is 61.4 Å². The van der Waals surface area contributed by atoms with Crippen LogP contribution in [0, 0.1) is 5.92 Å². The lowest BCUT2D eigenvalue weighted by molar-refractivity contribution is -0.135. The molecule has 2 amide bonds. The minimum absolute atomic E-state index is 0.0846. The lowest BCUT2D eigenvalue weighted by Crippen LogP contribution is -2.42. The molecule has 1 aliphatic heterocycles. The van der Waals surface area contributed by atoms with E-state index in [1.165, 1.54) is 0 Å². The third-order valence-corrected chi connectivity index (χ3v) is 3.28. The number of hydrogen-bond acceptors (Lipinski definition) is 3. The molecule has 2 N–H and O–H groups in total. The van der Waals surface area contributed by atoms with Crippen LogP contribution in [0.4, 0.5) is 0 Å². The number of rotatable bonds is 5. The van der Waals surface area contributed by atoms with Gasteiger partial charge < -0.3 is 15.5 Å². The van der Waals surface area contributed by atoms with Crippen LogP contribution < -0.4 is 10.6 Å². The van der Waals surface area contributed by atoms with Gasteiger partial charge in [-0.2, -0.15) is 0 Å². The van der Waals surface area contributed by atoms with Crippen molar-refractivity contribution in [2.45, 2.75) is 25.7 Å². The van der Waals surface area contributed by atoms with Crippen molar-refractivity contribution in [1.29, 1.82) is 0 Å². The van der Waals surface area contributed by atoms with E-state index in [1.807, 2.05) is 11.9 Å². The normalized spacial score (nSPS) is 16.9. The van der Waals surface area contributed by atoms with Gasteiger partial charge in [-0.05, 0) is 32.9 Å². The van der Waals surface area contributed by atoms with Crippen LogP contribution in [0.3, 0.4) is 0 Å². The van der Waals surface area contributed by atoms with Crippen molar-refractivity contribution in [2.75, 3.05) is 33.7 Å². The molecule has 0 aromatic heterocycles. The summed E-state index contributed by atoms with van der Waals surface area (Å²) in [7, 11) is 3.55. The summed E-state index contributed by atoms with van der Waals surface area (Å²) in [5, 5.41) is 5.70. The van der Waals surface area contributed by atoms with Crippen molar-refractivity contribution in [3.63, 3.8) is 0 Å². The fraction of sp³-hybridized carbons (Fsp3) is 0.833. The second-order valence-electron chi connectivity index (χ2n) is 4.48. The Morgan fingerprint density at radius 3 is 2.41 bits per heavy atom. The number of amides is 2. The molecule has 1 fully saturated rings. The van der Waals surface area contributed by atoms with E-state index in [4.69, 9.17) is 0 Å². The smallest absolute Gasteiger partial charge is 0.222 e. The first-order valence-electron chi connectivity index (χ1n) is 6.33. The van der Waals surface area contributed by atoms with Gasteiger partial charge in [-0.3, -0.25) is 9.59 Å². The van der Waals surface area contributed by atoms with Crippen molar-refractivity contribution in [3.05, 3.63) is 0 Å². The Balaban J connectivity index is 2.26. The summed E-state index contributed by atoms with van der Waals surface area (Å²) in [5.41, 5.74) is 0. The molecular formula is C12H23N3O2. The zero-order valence-corrected chi connectivity index (χ0v) is 10.8. The van der Waals surface area contributed by atoms with Gasteiger partial charge in [0.15, 0.2) is 0 Å². The van der Waals surface area contributed by atoms with Crippen LogP contribution in [-0.2, 0) is 9.59 Å². The first-order valence-corrected chi connectivity index (χ1v) is 6.33. The molecule has 0 aromatic carbocycles. The highest BCUT2D eigenvalue weighted by atomic mass is 16.2. The van der Waals surface area contributed by atoms with Gasteiger partial charge >= 0.3 is 0 Å². The van der Waals surface area contributed by atoms with E-state index < -0.39 is 0 Å². The molecule has 0 aliphatic carbocycles. The molecule has 17 heavy (non-hydrogen) atoms. The molecule has 0 aromatic rings. The predicted molar refractivity (Wildman–Crippen MR) is 66.5 cm³/mol. The summed E-state index contributed by atoms with van der Waals surface area (Å²) in [6.45, 7) is 2.31. The average molecular weight is 241 g/mol. The highest BCUT2D eigenvalue weighted by molar-refractivity contribution is 5.79. The third-order valence-electron chi connectivity index (χ3n) is 3.28. The Hall–Kier alpha value is -1.10. The van der Waals surface area contributed by atoms with Crippen molar-refractivity contribution >= 4 is 11.8 Å². The molecule has 0 radical (unpaired) electrons. The van der Waals surface area contributed by atoms with E-state index >= 15 is 0 Å². The maximum absolute atomic E-state index is 11.8. The Morgan fingerprint density at radius 1 is 1.24 bits per heavy atom. The Kier molecular flexibility index (Phi) is 5.97. The summed E-state index contributed by atoms with van der Waals surface area (Å²) in [6.07, 6.45) is 3.06. The fourth-order valence-electron chi connectivity index (χ4n) is 2.17. The molecule has 0 bridgehead atoms. The number of carbonyl (C=O) groups is 2. The Morgan fingerprint density at radius 2 is 1.88 bits per heavy atom. The number of nitrogens with zero attached hydrogens (tertiary/aromatic N) is 1. The first kappa shape index (κ1) is 14.0. The van der Waals surface area contributed by atoms with Crippen LogP contribution in [-0.4, -0.2) is 50.4 Å². The lowest BCUT2D eigenvalue weighted by Gasteiger charge is -2.31. The van der Waals surface area contributed by atoms with E-state index in [1.54, 1.807) is 7.05 Å². The highest BCUT2D eigenvalue weighted by Crippen LogP contribution is 2.18. The monoisotopic (exact) mass is 241 g/mol. The van der Waals surface area contributed by atoms with Gasteiger partial charge in [0.25, 0.3) is 0 Å². The second-order valence-corrected chi connectivity index (χ2v) is 4.48. The lowest BCUT2D eigenvalue weighted by atomic mass is 9.96. The van der Waals surface area contributed by atoms with Gasteiger partial charge in [-0.25, -0.2) is 0 Å². The summed E-state index contributed by atoms with van der Waals surface area (Å²) in [6, 6.07) is 0. The number of likely N-dealkylation sites (tertiary alicyclic amines) is 1. The Bertz CT molecular complexity index is 260. The zero-order valence-electron chi connectivity index (χ0n) is 10.8. The van der Waals surface area contributed by atoms with Crippen LogP contribution in [0.5, 0.6) is 0 Å². The number of carbonyl (C=O) groups excluding carboxylic acids is 2. The minimum atomic E-state index is 0.0846. The van der Waals surface area contributed by atoms with E-state index in [9.17, 15) is 9.59 Å². The maximum Gasteiger partial charge on any atom is 0.222 e. The number of nitrogens with one attached hydrogen (secondary N) is 2. The molecule has 1 saturated heterocycles. The molecule has 1 aliphatic rings. The molecule has 0 saturated carbocycles. The summed E-state index contributed by atoms with van der Waals surface area (Å²) < 4.78 is 0. The molecule has 5 heteroatoms. The fourth-order valence-corrected chi connectivity index (χ4v) is 2.17. The standard InChI is InChI=1S/C12H23N3O2/c1-13-7-3-4-11(16)15-8-5-10(6-9-15)12(17)14-2/h10,13H,3-9H2,1-2H3,(H,14,17). The van der Waals surface area contributed by atoms with Crippen molar-refractivity contribution in [1.82, 2.24) is 15.5 Å². The second kappa shape index (κ2) is 7.27. The molecule has 5 nitrogen and oxygen atoms in total. The van der Waals surface area contributed by atoms with E-state index in [0.29, 0.717) is 6.42 Å². The quantitative estimate of drug-likeness (QED) is 0.665. The van der Waals surface area contributed by atoms with E-state index in [-0.39, 0.29) is 17.7 Å². The largest absolute Gasteiger partial charge is 0.359 e. The van der Waals surface area contributed by atoms with Gasteiger partial charge in [0.05, 0.1) is 0 Å². The minimum Gasteiger partial charge on any atom is -0.359 e. The van der Waals surface area contributed by atoms with Crippen LogP contribution in [0.25, 0.3) is 0 Å². The van der Waals surface area contributed by atoms with Crippen molar-refractivity contribution < 1.29 is 9.59 Å². The maximum atomic E-state index is 11.8. The summed E-state index contributed by atoms with van der Waals surface area (Å²) >= 11 is 0. The van der Waals surface area contributed by atoms with Gasteiger partial charge in [-0.15, -0.1) is 0 Å². The molecular weight excluding hydrogens is 218 g/mol. The Labute approximate surface area is 103 Å². The molecule has 0 unspecified atom stereocenters. The van der Waals surface area contributed by atoms with Crippen LogP contribution in [0.2, 0.25) is 0 Å². The zero-order chi connectivity index (χ0) is 12.7. The number of hydrogen-bond donors (Lipinski definition) is 2. The van der Waals surface area contributed by atoms with Crippen LogP contribution in [0.1, 0.15) is 25.7 Å². The van der Waals surface area contributed by atoms with E-state index in [0.717, 1.165) is 38.9 Å². The molecule has 1 heterocycles. The van der Waals surface area contributed by atoms with Gasteiger partial charge in [0, 0.05) is 32.5 Å². The first-order chi connectivity index (χ1) is 8.19. The van der Waals surface area contributed by atoms with Crippen LogP contribution >= 0.6 is 0 Å². The van der Waals surface area contributed by atoms with E-state index in [2.05, 4.69) is 10.6 Å². The highest BCUT2D eigenvalue weighted by Gasteiger charge is 2.26. The van der Waals surface area contributed by atoms with Gasteiger partial charge in [0.1, 0.15) is 0 Å². The van der Waals surface area contributed by atoms with Crippen molar-refractivity contribution in [3.8, 4) is 0 Å². The molecule has 0 atom stereocenters. The van der Waals surface area contributed by atoms with Crippen molar-refractivity contribution in [2.24, 2.45) is 5.92 Å². The van der Waals surface area contributed by atoms with Gasteiger partial charge in [0.2, 0.25) is 11.8 Å². The third kappa shape index (κ3) is 4.34. The number of piperidine rings is 1. The summed E-state index contributed by atoms with van der Waals surface area (Å²) in [5.74, 6) is 0.407. The van der Waals surface area contributed by atoms with Gasteiger partial charge in [-0.1, -0.05) is 0 Å². The summed E-state index contributed by atoms with van der Waals surface area (Å²) in [4.78, 5) is 25.1. The molecule has 0 spiro atoms. The molecule has 1 rings (SSSR count).